The monoisotopic (exact) mass is 223 g/mol. The molecule has 5 heteroatoms. The summed E-state index contributed by atoms with van der Waals surface area (Å²) in [6.45, 7) is 6.81. The molecule has 0 aliphatic carbocycles. The molecule has 0 radical (unpaired) electrons. The molecule has 2 N–H and O–H groups in total. The van der Waals surface area contributed by atoms with Gasteiger partial charge in [-0.15, -0.1) is 0 Å². The molecule has 0 atom stereocenters. The Morgan fingerprint density at radius 2 is 2.19 bits per heavy atom. The van der Waals surface area contributed by atoms with E-state index < -0.39 is 0 Å². The van der Waals surface area contributed by atoms with E-state index in [1.807, 2.05) is 0 Å². The third-order valence-corrected chi connectivity index (χ3v) is 2.60. The number of hydrogen-bond donors (Lipinski definition) is 2. The fourth-order valence-electron chi connectivity index (χ4n) is 1.01. The Hall–Kier alpha value is -1.65. The van der Waals surface area contributed by atoms with Crippen LogP contribution in [-0.2, 0) is 0 Å². The summed E-state index contributed by atoms with van der Waals surface area (Å²) in [5.41, 5.74) is -0.0189. The van der Waals surface area contributed by atoms with Crippen LogP contribution in [0.25, 0.3) is 0 Å². The first-order valence-corrected chi connectivity index (χ1v) is 5.28. The molecule has 0 saturated carbocycles. The predicted molar refractivity (Wildman–Crippen MR) is 61.3 cm³/mol. The Kier molecular flexibility index (Phi) is 3.82. The average molecular weight is 223 g/mol. The second kappa shape index (κ2) is 4.92. The van der Waals surface area contributed by atoms with Crippen molar-refractivity contribution in [3.8, 4) is 0 Å². The highest BCUT2D eigenvalue weighted by Crippen LogP contribution is 2.17. The first-order valence-electron chi connectivity index (χ1n) is 5.28. The van der Waals surface area contributed by atoms with Crippen molar-refractivity contribution >= 4 is 5.91 Å². The Balaban J connectivity index is 2.60. The molecular weight excluding hydrogens is 206 g/mol. The number of aromatic amines is 1. The number of aromatic nitrogens is 2. The molecule has 0 aromatic carbocycles. The van der Waals surface area contributed by atoms with Gasteiger partial charge in [0.1, 0.15) is 5.69 Å². The van der Waals surface area contributed by atoms with Crippen molar-refractivity contribution in [1.82, 2.24) is 15.5 Å². The van der Waals surface area contributed by atoms with E-state index in [1.54, 1.807) is 0 Å². The SMILES string of the molecule is CCC(C)(C)CNC(=O)c1ccc(=O)[nH]n1. The van der Waals surface area contributed by atoms with Crippen molar-refractivity contribution < 1.29 is 4.79 Å². The Morgan fingerprint density at radius 3 is 2.69 bits per heavy atom. The smallest absolute Gasteiger partial charge is 0.271 e. The van der Waals surface area contributed by atoms with Gasteiger partial charge in [0.15, 0.2) is 0 Å². The first-order chi connectivity index (χ1) is 7.44. The molecule has 16 heavy (non-hydrogen) atoms. The number of carbonyl (C=O) groups excluding carboxylic acids is 1. The van der Waals surface area contributed by atoms with Gasteiger partial charge in [0, 0.05) is 12.6 Å². The molecule has 5 nitrogen and oxygen atoms in total. The Labute approximate surface area is 94.3 Å². The van der Waals surface area contributed by atoms with Crippen LogP contribution < -0.4 is 10.9 Å². The summed E-state index contributed by atoms with van der Waals surface area (Å²) in [4.78, 5) is 22.4. The average Bonchev–Trinajstić information content (AvgIpc) is 2.27. The number of carbonyl (C=O) groups is 1. The van der Waals surface area contributed by atoms with Gasteiger partial charge in [0.25, 0.3) is 11.5 Å². The second-order valence-electron chi connectivity index (χ2n) is 4.51. The number of hydrogen-bond acceptors (Lipinski definition) is 3. The van der Waals surface area contributed by atoms with Crippen LogP contribution in [0.15, 0.2) is 16.9 Å². The molecular formula is C11H17N3O2. The summed E-state index contributed by atoms with van der Waals surface area (Å²) in [7, 11) is 0. The van der Waals surface area contributed by atoms with Gasteiger partial charge >= 0.3 is 0 Å². The van der Waals surface area contributed by atoms with E-state index in [0.29, 0.717) is 6.54 Å². The number of nitrogens with one attached hydrogen (secondary N) is 2. The molecule has 0 saturated heterocycles. The lowest BCUT2D eigenvalue weighted by atomic mass is 9.90. The van der Waals surface area contributed by atoms with Gasteiger partial charge in [0.05, 0.1) is 0 Å². The largest absolute Gasteiger partial charge is 0.350 e. The molecule has 0 spiro atoms. The quantitative estimate of drug-likeness (QED) is 0.797. The van der Waals surface area contributed by atoms with Gasteiger partial charge in [-0.05, 0) is 17.9 Å². The minimum absolute atomic E-state index is 0.0673. The maximum Gasteiger partial charge on any atom is 0.271 e. The van der Waals surface area contributed by atoms with E-state index in [2.05, 4.69) is 36.3 Å². The summed E-state index contributed by atoms with van der Waals surface area (Å²) in [5.74, 6) is -0.266. The molecule has 1 rings (SSSR count). The van der Waals surface area contributed by atoms with Gasteiger partial charge in [-0.3, -0.25) is 9.59 Å². The molecule has 1 aromatic heterocycles. The van der Waals surface area contributed by atoms with Crippen molar-refractivity contribution in [2.45, 2.75) is 27.2 Å². The number of amides is 1. The standard InChI is InChI=1S/C11H17N3O2/c1-4-11(2,3)7-12-10(16)8-5-6-9(15)14-13-8/h5-6H,4,7H2,1-3H3,(H,12,16)(H,14,15). The summed E-state index contributed by atoms with van der Waals surface area (Å²) in [5, 5.41) is 8.67. The van der Waals surface area contributed by atoms with Gasteiger partial charge in [-0.1, -0.05) is 20.8 Å². The molecule has 0 fully saturated rings. The maximum absolute atomic E-state index is 11.6. The third kappa shape index (κ3) is 3.49. The second-order valence-corrected chi connectivity index (χ2v) is 4.51. The van der Waals surface area contributed by atoms with E-state index in [0.717, 1.165) is 6.42 Å². The van der Waals surface area contributed by atoms with E-state index >= 15 is 0 Å². The summed E-state index contributed by atoms with van der Waals surface area (Å²) in [6.07, 6.45) is 0.979. The summed E-state index contributed by atoms with van der Waals surface area (Å²) in [6, 6.07) is 2.69. The lowest BCUT2D eigenvalue weighted by Crippen LogP contribution is -2.34. The van der Waals surface area contributed by atoms with Gasteiger partial charge in [-0.2, -0.15) is 5.10 Å². The minimum Gasteiger partial charge on any atom is -0.350 e. The minimum atomic E-state index is -0.314. The van der Waals surface area contributed by atoms with E-state index in [4.69, 9.17) is 0 Å². The van der Waals surface area contributed by atoms with Gasteiger partial charge < -0.3 is 5.32 Å². The van der Waals surface area contributed by atoms with E-state index in [-0.39, 0.29) is 22.6 Å². The molecule has 88 valence electrons. The van der Waals surface area contributed by atoms with Crippen molar-refractivity contribution in [3.63, 3.8) is 0 Å². The zero-order chi connectivity index (χ0) is 12.2. The van der Waals surface area contributed by atoms with Crippen molar-refractivity contribution in [3.05, 3.63) is 28.2 Å². The normalized spacial score (nSPS) is 11.2. The fourth-order valence-corrected chi connectivity index (χ4v) is 1.01. The van der Waals surface area contributed by atoms with Crippen molar-refractivity contribution in [2.24, 2.45) is 5.41 Å². The summed E-state index contributed by atoms with van der Waals surface area (Å²) >= 11 is 0. The van der Waals surface area contributed by atoms with Crippen LogP contribution in [0.1, 0.15) is 37.7 Å². The van der Waals surface area contributed by atoms with E-state index in [9.17, 15) is 9.59 Å². The topological polar surface area (TPSA) is 74.8 Å². The van der Waals surface area contributed by atoms with Gasteiger partial charge in [0.2, 0.25) is 0 Å². The van der Waals surface area contributed by atoms with Gasteiger partial charge in [-0.25, -0.2) is 5.10 Å². The highest BCUT2D eigenvalue weighted by molar-refractivity contribution is 5.91. The van der Waals surface area contributed by atoms with E-state index in [1.165, 1.54) is 12.1 Å². The molecule has 0 aliphatic heterocycles. The highest BCUT2D eigenvalue weighted by Gasteiger charge is 2.17. The lowest BCUT2D eigenvalue weighted by molar-refractivity contribution is 0.0929. The van der Waals surface area contributed by atoms with Crippen LogP contribution in [0, 0.1) is 5.41 Å². The van der Waals surface area contributed by atoms with Crippen LogP contribution in [0.4, 0.5) is 0 Å². The molecule has 0 unspecified atom stereocenters. The summed E-state index contributed by atoms with van der Waals surface area (Å²) < 4.78 is 0. The zero-order valence-electron chi connectivity index (χ0n) is 9.83. The Morgan fingerprint density at radius 1 is 1.50 bits per heavy atom. The highest BCUT2D eigenvalue weighted by atomic mass is 16.2. The fraction of sp³-hybridized carbons (Fsp3) is 0.545. The van der Waals surface area contributed by atoms with Crippen LogP contribution in [0.5, 0.6) is 0 Å². The maximum atomic E-state index is 11.6. The molecule has 0 aliphatic rings. The first kappa shape index (κ1) is 12.4. The van der Waals surface area contributed by atoms with Crippen LogP contribution in [-0.4, -0.2) is 22.6 Å². The molecule has 1 heterocycles. The predicted octanol–water partition coefficient (Wildman–Crippen LogP) is 0.936. The van der Waals surface area contributed by atoms with Crippen LogP contribution in [0.3, 0.4) is 0 Å². The van der Waals surface area contributed by atoms with Crippen LogP contribution in [0.2, 0.25) is 0 Å². The third-order valence-electron chi connectivity index (χ3n) is 2.60. The number of H-pyrrole nitrogens is 1. The van der Waals surface area contributed by atoms with Crippen molar-refractivity contribution in [2.75, 3.05) is 6.54 Å². The molecule has 1 aromatic rings. The number of nitrogens with zero attached hydrogens (tertiary/aromatic N) is 1. The molecule has 0 bridgehead atoms. The Bertz CT molecular complexity index is 403. The number of rotatable bonds is 4. The lowest BCUT2D eigenvalue weighted by Gasteiger charge is -2.22. The van der Waals surface area contributed by atoms with Crippen LogP contribution >= 0.6 is 0 Å². The molecule has 1 amide bonds. The zero-order valence-corrected chi connectivity index (χ0v) is 9.83. The van der Waals surface area contributed by atoms with Crippen molar-refractivity contribution in [1.29, 1.82) is 0 Å².